The number of aromatic nitrogens is 4. The van der Waals surface area contributed by atoms with Crippen LogP contribution in [0.25, 0.3) is 22.1 Å². The molecule has 176 valence electrons. The Morgan fingerprint density at radius 3 is 1.55 bits per heavy atom. The minimum absolute atomic E-state index is 0.206. The second kappa shape index (κ2) is 10.5. The maximum atomic E-state index is 5.32. The van der Waals surface area contributed by atoms with Gasteiger partial charge in [-0.15, -0.1) is 0 Å². The summed E-state index contributed by atoms with van der Waals surface area (Å²) in [6, 6.07) is 13.2. The number of rotatable bonds is 11. The molecule has 4 heteroatoms. The van der Waals surface area contributed by atoms with Crippen molar-refractivity contribution in [1.29, 1.82) is 0 Å². The molecule has 0 radical (unpaired) electrons. The summed E-state index contributed by atoms with van der Waals surface area (Å²) < 4.78 is 5.01. The van der Waals surface area contributed by atoms with Gasteiger partial charge in [-0.2, -0.15) is 0 Å². The van der Waals surface area contributed by atoms with Gasteiger partial charge in [0.05, 0.1) is 28.0 Å². The molecular weight excluding hydrogens is 404 g/mol. The molecule has 0 aliphatic carbocycles. The van der Waals surface area contributed by atoms with Crippen LogP contribution < -0.4 is 0 Å². The highest BCUT2D eigenvalue weighted by molar-refractivity contribution is 5.81. The first-order valence-corrected chi connectivity index (χ1v) is 13.0. The summed E-state index contributed by atoms with van der Waals surface area (Å²) in [6.07, 6.45) is 8.13. The summed E-state index contributed by atoms with van der Waals surface area (Å²) in [6.45, 7) is 13.2. The molecule has 2 heterocycles. The van der Waals surface area contributed by atoms with Crippen molar-refractivity contribution >= 4 is 22.1 Å². The molecule has 2 aromatic carbocycles. The summed E-state index contributed by atoms with van der Waals surface area (Å²) in [5.41, 5.74) is 7.36. The lowest BCUT2D eigenvalue weighted by atomic mass is 9.99. The monoisotopic (exact) mass is 444 g/mol. The predicted molar refractivity (Wildman–Crippen MR) is 140 cm³/mol. The van der Waals surface area contributed by atoms with E-state index in [9.17, 15) is 0 Å². The molecule has 0 atom stereocenters. The van der Waals surface area contributed by atoms with Crippen LogP contribution in [0, 0.1) is 13.8 Å². The molecule has 0 amide bonds. The van der Waals surface area contributed by atoms with Crippen molar-refractivity contribution in [2.75, 3.05) is 0 Å². The van der Waals surface area contributed by atoms with Gasteiger partial charge in [-0.3, -0.25) is 0 Å². The molecule has 0 saturated carbocycles. The normalized spacial score (nSPS) is 11.9. The van der Waals surface area contributed by atoms with E-state index in [2.05, 4.69) is 80.2 Å². The Hall–Kier alpha value is -2.62. The van der Waals surface area contributed by atoms with E-state index in [0.717, 1.165) is 43.4 Å². The van der Waals surface area contributed by atoms with E-state index in [0.29, 0.717) is 0 Å². The minimum atomic E-state index is 0.206. The van der Waals surface area contributed by atoms with Gasteiger partial charge in [-0.05, 0) is 56.4 Å². The smallest absolute Gasteiger partial charge is 0.120 e. The Morgan fingerprint density at radius 1 is 0.667 bits per heavy atom. The number of benzene rings is 2. The highest BCUT2D eigenvalue weighted by Gasteiger charge is 2.27. The zero-order valence-electron chi connectivity index (χ0n) is 21.2. The van der Waals surface area contributed by atoms with Crippen molar-refractivity contribution in [3.63, 3.8) is 0 Å². The third-order valence-electron chi connectivity index (χ3n) is 6.96. The Bertz CT molecular complexity index is 1120. The van der Waals surface area contributed by atoms with Crippen molar-refractivity contribution in [2.45, 2.75) is 98.6 Å². The number of fused-ring (bicyclic) bond motifs is 2. The molecule has 0 saturated heterocycles. The topological polar surface area (TPSA) is 35.6 Å². The van der Waals surface area contributed by atoms with Crippen LogP contribution in [0.3, 0.4) is 0 Å². The second-order valence-electron chi connectivity index (χ2n) is 9.53. The summed E-state index contributed by atoms with van der Waals surface area (Å²) in [7, 11) is 0. The van der Waals surface area contributed by atoms with Gasteiger partial charge in [0, 0.05) is 13.1 Å². The Balaban J connectivity index is 1.95. The Morgan fingerprint density at radius 2 is 1.12 bits per heavy atom. The van der Waals surface area contributed by atoms with Crippen LogP contribution >= 0.6 is 0 Å². The summed E-state index contributed by atoms with van der Waals surface area (Å²) in [5.74, 6) is 2.61. The average molecular weight is 445 g/mol. The number of nitrogens with zero attached hydrogens (tertiary/aromatic N) is 4. The molecule has 4 nitrogen and oxygen atoms in total. The Kier molecular flexibility index (Phi) is 7.52. The standard InChI is InChI=1S/C29H40N4/c1-6-9-16-23(28-30-26-21(4)14-12-17-24(26)32(28)19-10-7-2)29-31-27-22(5)15-13-18-25(27)33(29)20-11-8-3/h12-15,17-18,23H,6-11,16,19-20H2,1-5H3. The zero-order chi connectivity index (χ0) is 23.4. The van der Waals surface area contributed by atoms with Gasteiger partial charge >= 0.3 is 0 Å². The molecule has 0 spiro atoms. The summed E-state index contributed by atoms with van der Waals surface area (Å²) in [4.78, 5) is 10.6. The zero-order valence-corrected chi connectivity index (χ0v) is 21.2. The van der Waals surface area contributed by atoms with Crippen LogP contribution in [0.4, 0.5) is 0 Å². The lowest BCUT2D eigenvalue weighted by Gasteiger charge is -2.20. The fraction of sp³-hybridized carbons (Fsp3) is 0.517. The lowest BCUT2D eigenvalue weighted by molar-refractivity contribution is 0.517. The van der Waals surface area contributed by atoms with Gasteiger partial charge in [-0.25, -0.2) is 9.97 Å². The van der Waals surface area contributed by atoms with Crippen LogP contribution in [0.5, 0.6) is 0 Å². The van der Waals surface area contributed by atoms with Gasteiger partial charge in [-0.1, -0.05) is 70.7 Å². The van der Waals surface area contributed by atoms with Crippen molar-refractivity contribution < 1.29 is 0 Å². The molecule has 0 bridgehead atoms. The number of para-hydroxylation sites is 2. The minimum Gasteiger partial charge on any atom is -0.327 e. The summed E-state index contributed by atoms with van der Waals surface area (Å²) >= 11 is 0. The first-order valence-electron chi connectivity index (χ1n) is 13.0. The number of unbranched alkanes of at least 4 members (excludes halogenated alkanes) is 3. The quantitative estimate of drug-likeness (QED) is 0.235. The maximum Gasteiger partial charge on any atom is 0.120 e. The first-order chi connectivity index (χ1) is 16.1. The average Bonchev–Trinajstić information content (AvgIpc) is 3.37. The van der Waals surface area contributed by atoms with E-state index >= 15 is 0 Å². The van der Waals surface area contributed by atoms with E-state index in [1.807, 2.05) is 0 Å². The van der Waals surface area contributed by atoms with Crippen molar-refractivity contribution in [1.82, 2.24) is 19.1 Å². The molecule has 0 fully saturated rings. The van der Waals surface area contributed by atoms with Gasteiger partial charge in [0.2, 0.25) is 0 Å². The van der Waals surface area contributed by atoms with E-state index in [4.69, 9.17) is 9.97 Å². The van der Waals surface area contributed by atoms with Crippen LogP contribution in [-0.2, 0) is 13.1 Å². The molecule has 0 aliphatic rings. The Labute approximate surface area is 199 Å². The SMILES string of the molecule is CCCCC(c1nc2c(C)cccc2n1CCCC)c1nc2c(C)cccc2n1CCCC. The van der Waals surface area contributed by atoms with Crippen molar-refractivity contribution in [3.05, 3.63) is 59.2 Å². The van der Waals surface area contributed by atoms with E-state index in [1.165, 1.54) is 59.5 Å². The lowest BCUT2D eigenvalue weighted by Crippen LogP contribution is -2.16. The van der Waals surface area contributed by atoms with E-state index in [-0.39, 0.29) is 5.92 Å². The number of imidazole rings is 2. The number of aryl methyl sites for hydroxylation is 4. The maximum absolute atomic E-state index is 5.32. The molecule has 0 N–H and O–H groups in total. The third kappa shape index (κ3) is 4.58. The predicted octanol–water partition coefficient (Wildman–Crippen LogP) is 7.93. The summed E-state index contributed by atoms with van der Waals surface area (Å²) in [5, 5.41) is 0. The van der Waals surface area contributed by atoms with Gasteiger partial charge in [0.1, 0.15) is 11.6 Å². The van der Waals surface area contributed by atoms with Crippen LogP contribution in [0.15, 0.2) is 36.4 Å². The molecule has 2 aromatic heterocycles. The number of hydrogen-bond acceptors (Lipinski definition) is 2. The second-order valence-corrected chi connectivity index (χ2v) is 9.53. The van der Waals surface area contributed by atoms with E-state index < -0.39 is 0 Å². The van der Waals surface area contributed by atoms with Crippen molar-refractivity contribution in [3.8, 4) is 0 Å². The van der Waals surface area contributed by atoms with Crippen molar-refractivity contribution in [2.24, 2.45) is 0 Å². The molecule has 4 rings (SSSR count). The third-order valence-corrected chi connectivity index (χ3v) is 6.96. The molecule has 0 unspecified atom stereocenters. The number of hydrogen-bond donors (Lipinski definition) is 0. The molecule has 4 aromatic rings. The van der Waals surface area contributed by atoms with Gasteiger partial charge < -0.3 is 9.13 Å². The highest BCUT2D eigenvalue weighted by Crippen LogP contribution is 2.35. The fourth-order valence-electron chi connectivity index (χ4n) is 5.03. The van der Waals surface area contributed by atoms with Gasteiger partial charge in [0.25, 0.3) is 0 Å². The van der Waals surface area contributed by atoms with E-state index in [1.54, 1.807) is 0 Å². The molecular formula is C29H40N4. The fourth-order valence-corrected chi connectivity index (χ4v) is 5.03. The van der Waals surface area contributed by atoms with Crippen LogP contribution in [-0.4, -0.2) is 19.1 Å². The molecule has 33 heavy (non-hydrogen) atoms. The van der Waals surface area contributed by atoms with Gasteiger partial charge in [0.15, 0.2) is 0 Å². The largest absolute Gasteiger partial charge is 0.327 e. The van der Waals surface area contributed by atoms with Crippen LogP contribution in [0.1, 0.15) is 94.4 Å². The molecule has 0 aliphatic heterocycles. The first kappa shape index (κ1) is 23.5. The highest BCUT2D eigenvalue weighted by atomic mass is 15.1. The van der Waals surface area contributed by atoms with Crippen LogP contribution in [0.2, 0.25) is 0 Å².